The zero-order valence-corrected chi connectivity index (χ0v) is 16.6. The maximum atomic E-state index is 13.4. The zero-order chi connectivity index (χ0) is 23.7. The summed E-state index contributed by atoms with van der Waals surface area (Å²) in [7, 11) is 0. The first kappa shape index (κ1) is 23.2. The van der Waals surface area contributed by atoms with Crippen LogP contribution in [0, 0.1) is 0 Å². The Hall–Kier alpha value is -3.48. The van der Waals surface area contributed by atoms with E-state index in [0.29, 0.717) is 0 Å². The molecule has 0 saturated carbocycles. The Morgan fingerprint density at radius 1 is 1.28 bits per heavy atom. The van der Waals surface area contributed by atoms with Gasteiger partial charge in [-0.1, -0.05) is 0 Å². The Bertz CT molecular complexity index is 1140. The Morgan fingerprint density at radius 3 is 2.53 bits per heavy atom. The van der Waals surface area contributed by atoms with Crippen LogP contribution < -0.4 is 16.1 Å². The minimum atomic E-state index is -4.80. The summed E-state index contributed by atoms with van der Waals surface area (Å²) < 4.78 is 55.9. The molecule has 0 fully saturated rings. The van der Waals surface area contributed by atoms with Gasteiger partial charge in [0.15, 0.2) is 0 Å². The summed E-state index contributed by atoms with van der Waals surface area (Å²) in [5.41, 5.74) is 1.41. The maximum absolute atomic E-state index is 13.4. The molecule has 1 aromatic carbocycles. The summed E-state index contributed by atoms with van der Waals surface area (Å²) in [6.07, 6.45) is -5.31. The highest BCUT2D eigenvalue weighted by atomic mass is 19.4. The number of carboxylic acid groups (broad SMARTS) is 1. The quantitative estimate of drug-likeness (QED) is 0.430. The SMILES string of the molecule is CCOc1cc(C2(C(F)(F)F)N=N2)cc2oc(=O)cc(COC(=O)C(N)CCC(=O)O)c12. The fraction of sp³-hybridized carbons (Fsp3) is 0.421. The minimum Gasteiger partial charge on any atom is -0.493 e. The number of hydrogen-bond donors (Lipinski definition) is 2. The lowest BCUT2D eigenvalue weighted by molar-refractivity contribution is -0.166. The highest BCUT2D eigenvalue weighted by Crippen LogP contribution is 2.53. The first-order chi connectivity index (χ1) is 15.0. The number of ether oxygens (including phenoxy) is 2. The van der Waals surface area contributed by atoms with Gasteiger partial charge in [-0.15, -0.1) is 10.2 Å². The number of rotatable bonds is 9. The first-order valence-electron chi connectivity index (χ1n) is 9.37. The molecule has 2 heterocycles. The van der Waals surface area contributed by atoms with Crippen molar-refractivity contribution in [1.82, 2.24) is 0 Å². The molecule has 32 heavy (non-hydrogen) atoms. The molecule has 10 nitrogen and oxygen atoms in total. The number of carbonyl (C=O) groups excluding carboxylic acids is 1. The van der Waals surface area contributed by atoms with Gasteiger partial charge in [0, 0.05) is 23.6 Å². The van der Waals surface area contributed by atoms with Gasteiger partial charge in [0.1, 0.15) is 24.0 Å². The topological polar surface area (TPSA) is 154 Å². The van der Waals surface area contributed by atoms with Gasteiger partial charge in [0.05, 0.1) is 12.0 Å². The number of benzene rings is 1. The van der Waals surface area contributed by atoms with Crippen molar-refractivity contribution in [2.24, 2.45) is 16.0 Å². The molecule has 0 radical (unpaired) electrons. The van der Waals surface area contributed by atoms with Gasteiger partial charge in [-0.05, 0) is 25.5 Å². The number of carbonyl (C=O) groups is 2. The molecule has 3 N–H and O–H groups in total. The maximum Gasteiger partial charge on any atom is 0.442 e. The van der Waals surface area contributed by atoms with E-state index in [1.807, 2.05) is 0 Å². The van der Waals surface area contributed by atoms with Crippen LogP contribution in [0.4, 0.5) is 13.2 Å². The van der Waals surface area contributed by atoms with Crippen molar-refractivity contribution in [3.63, 3.8) is 0 Å². The lowest BCUT2D eigenvalue weighted by Crippen LogP contribution is -2.32. The summed E-state index contributed by atoms with van der Waals surface area (Å²) in [5.74, 6) is -2.09. The fourth-order valence-corrected chi connectivity index (χ4v) is 3.02. The van der Waals surface area contributed by atoms with E-state index in [1.165, 1.54) is 0 Å². The molecule has 172 valence electrons. The van der Waals surface area contributed by atoms with Gasteiger partial charge in [-0.25, -0.2) is 4.79 Å². The van der Waals surface area contributed by atoms with Crippen molar-refractivity contribution < 1.29 is 41.8 Å². The second-order valence-electron chi connectivity index (χ2n) is 6.89. The van der Waals surface area contributed by atoms with Gasteiger partial charge in [-0.2, -0.15) is 13.2 Å². The first-order valence-corrected chi connectivity index (χ1v) is 9.37. The standard InChI is InChI=1S/C19H18F3N3O7/c1-2-30-12-6-10(18(24-25-18)19(20,21)22)7-13-16(12)9(5-15(28)32-13)8-31-17(29)11(23)3-4-14(26)27/h5-7,11H,2-4,8,23H2,1H3,(H,26,27). The number of halogens is 3. The molecule has 2 aromatic rings. The Balaban J connectivity index is 1.97. The summed E-state index contributed by atoms with van der Waals surface area (Å²) in [6.45, 7) is 1.20. The zero-order valence-electron chi connectivity index (χ0n) is 16.6. The molecule has 0 saturated heterocycles. The minimum absolute atomic E-state index is 0.0501. The molecule has 3 rings (SSSR count). The number of fused-ring (bicyclic) bond motifs is 1. The van der Waals surface area contributed by atoms with E-state index < -0.39 is 47.6 Å². The van der Waals surface area contributed by atoms with Crippen LogP contribution in [0.3, 0.4) is 0 Å². The number of nitrogens with zero attached hydrogens (tertiary/aromatic N) is 2. The molecule has 1 unspecified atom stereocenters. The molecule has 1 aliphatic heterocycles. The van der Waals surface area contributed by atoms with E-state index >= 15 is 0 Å². The third-order valence-electron chi connectivity index (χ3n) is 4.63. The van der Waals surface area contributed by atoms with Crippen molar-refractivity contribution in [3.8, 4) is 5.75 Å². The highest BCUT2D eigenvalue weighted by Gasteiger charge is 2.65. The largest absolute Gasteiger partial charge is 0.493 e. The van der Waals surface area contributed by atoms with E-state index in [9.17, 15) is 27.6 Å². The summed E-state index contributed by atoms with van der Waals surface area (Å²) >= 11 is 0. The molecule has 0 aliphatic carbocycles. The lowest BCUT2D eigenvalue weighted by Gasteiger charge is -2.18. The van der Waals surface area contributed by atoms with Gasteiger partial charge in [0.25, 0.3) is 0 Å². The third-order valence-corrected chi connectivity index (χ3v) is 4.63. The Kier molecular flexibility index (Phi) is 6.21. The van der Waals surface area contributed by atoms with Crippen LogP contribution in [-0.4, -0.2) is 35.9 Å². The second kappa shape index (κ2) is 8.57. The number of alkyl halides is 3. The van der Waals surface area contributed by atoms with E-state index in [0.717, 1.165) is 18.2 Å². The number of carboxylic acids is 1. The van der Waals surface area contributed by atoms with Crippen LogP contribution in [0.5, 0.6) is 5.75 Å². The molecule has 0 spiro atoms. The number of esters is 1. The van der Waals surface area contributed by atoms with Crippen molar-refractivity contribution >= 4 is 22.9 Å². The lowest BCUT2D eigenvalue weighted by atomic mass is 9.99. The summed E-state index contributed by atoms with van der Waals surface area (Å²) in [4.78, 5) is 34.6. The van der Waals surface area contributed by atoms with Gasteiger partial charge < -0.3 is 24.7 Å². The van der Waals surface area contributed by atoms with Crippen molar-refractivity contribution in [1.29, 1.82) is 0 Å². The molecular formula is C19H18F3N3O7. The predicted octanol–water partition coefficient (Wildman–Crippen LogP) is 2.61. The average Bonchev–Trinajstić information content (AvgIpc) is 3.51. The van der Waals surface area contributed by atoms with Crippen molar-refractivity contribution in [3.05, 3.63) is 39.7 Å². The van der Waals surface area contributed by atoms with Crippen LogP contribution in [-0.2, 0) is 26.6 Å². The van der Waals surface area contributed by atoms with Crippen LogP contribution >= 0.6 is 0 Å². The fourth-order valence-electron chi connectivity index (χ4n) is 3.02. The number of hydrogen-bond acceptors (Lipinski definition) is 9. The van der Waals surface area contributed by atoms with E-state index in [4.69, 9.17) is 24.7 Å². The molecule has 1 aromatic heterocycles. The van der Waals surface area contributed by atoms with E-state index in [1.54, 1.807) is 6.92 Å². The molecular weight excluding hydrogens is 439 g/mol. The average molecular weight is 457 g/mol. The molecule has 13 heteroatoms. The van der Waals surface area contributed by atoms with Crippen molar-refractivity contribution in [2.75, 3.05) is 6.61 Å². The summed E-state index contributed by atoms with van der Waals surface area (Å²) in [6, 6.07) is 1.87. The molecule has 0 amide bonds. The van der Waals surface area contributed by atoms with Crippen molar-refractivity contribution in [2.45, 2.75) is 44.3 Å². The number of aliphatic carboxylic acids is 1. The van der Waals surface area contributed by atoms with Crippen LogP contribution in [0.1, 0.15) is 30.9 Å². The second-order valence-corrected chi connectivity index (χ2v) is 6.89. The van der Waals surface area contributed by atoms with E-state index in [-0.39, 0.29) is 41.7 Å². The monoisotopic (exact) mass is 457 g/mol. The normalized spacial score (nSPS) is 15.4. The van der Waals surface area contributed by atoms with Gasteiger partial charge in [0.2, 0.25) is 0 Å². The van der Waals surface area contributed by atoms with Crippen LogP contribution in [0.2, 0.25) is 0 Å². The molecule has 0 bridgehead atoms. The Labute approximate surface area is 177 Å². The van der Waals surface area contributed by atoms with E-state index in [2.05, 4.69) is 10.2 Å². The number of nitrogens with two attached hydrogens (primary N) is 1. The van der Waals surface area contributed by atoms with Gasteiger partial charge in [-0.3, -0.25) is 9.59 Å². The third kappa shape index (κ3) is 4.56. The smallest absolute Gasteiger partial charge is 0.442 e. The van der Waals surface area contributed by atoms with Gasteiger partial charge >= 0.3 is 29.4 Å². The Morgan fingerprint density at radius 2 is 1.97 bits per heavy atom. The summed E-state index contributed by atoms with van der Waals surface area (Å²) in [5, 5.41) is 15.1. The predicted molar refractivity (Wildman–Crippen MR) is 101 cm³/mol. The highest BCUT2D eigenvalue weighted by molar-refractivity contribution is 5.88. The molecule has 1 aliphatic rings. The molecule has 1 atom stereocenters. The van der Waals surface area contributed by atoms with Crippen LogP contribution in [0.25, 0.3) is 11.0 Å². The van der Waals surface area contributed by atoms with Crippen LogP contribution in [0.15, 0.2) is 37.6 Å².